The molecule has 0 saturated heterocycles. The summed E-state index contributed by atoms with van der Waals surface area (Å²) in [5.74, 6) is -2.39. The zero-order chi connectivity index (χ0) is 34.3. The van der Waals surface area contributed by atoms with Gasteiger partial charge in [0.25, 0.3) is 0 Å². The van der Waals surface area contributed by atoms with Gasteiger partial charge in [0.2, 0.25) is 5.91 Å². The van der Waals surface area contributed by atoms with Gasteiger partial charge in [-0.2, -0.15) is 0 Å². The van der Waals surface area contributed by atoms with Crippen molar-refractivity contribution < 1.29 is 47.8 Å². The molecule has 0 aliphatic heterocycles. The molecule has 0 radical (unpaired) electrons. The first kappa shape index (κ1) is 44.2. The van der Waals surface area contributed by atoms with E-state index in [1.807, 2.05) is 0 Å². The number of allylic oxidation sites excluding steroid dienone is 2. The number of carboxylic acid groups (broad SMARTS) is 1. The Labute approximate surface area is 277 Å². The molecular formula is C34H64NO10P. The van der Waals surface area contributed by atoms with E-state index in [4.69, 9.17) is 13.8 Å². The fourth-order valence-electron chi connectivity index (χ4n) is 4.72. The van der Waals surface area contributed by atoms with Crippen molar-refractivity contribution in [1.29, 1.82) is 0 Å². The molecule has 0 fully saturated rings. The van der Waals surface area contributed by atoms with E-state index in [-0.39, 0.29) is 12.8 Å². The molecule has 0 aromatic heterocycles. The highest BCUT2D eigenvalue weighted by molar-refractivity contribution is 7.47. The number of carboxylic acids is 1. The monoisotopic (exact) mass is 677 g/mol. The summed E-state index contributed by atoms with van der Waals surface area (Å²) in [5, 5.41) is 21.6. The number of aliphatic carboxylic acids is 1. The van der Waals surface area contributed by atoms with Gasteiger partial charge in [-0.3, -0.25) is 18.6 Å². The van der Waals surface area contributed by atoms with Gasteiger partial charge in [-0.05, 0) is 38.5 Å². The van der Waals surface area contributed by atoms with Crippen LogP contribution in [0.4, 0.5) is 0 Å². The van der Waals surface area contributed by atoms with Crippen molar-refractivity contribution in [3.8, 4) is 0 Å². The van der Waals surface area contributed by atoms with Gasteiger partial charge in [0.1, 0.15) is 12.7 Å². The Morgan fingerprint density at radius 3 is 1.65 bits per heavy atom. The predicted molar refractivity (Wildman–Crippen MR) is 180 cm³/mol. The first-order chi connectivity index (χ1) is 22.1. The number of aliphatic hydroxyl groups excluding tert-OH is 1. The van der Waals surface area contributed by atoms with E-state index in [0.29, 0.717) is 12.8 Å². The first-order valence-electron chi connectivity index (χ1n) is 17.7. The number of hydrogen-bond acceptors (Lipinski definition) is 8. The molecule has 4 N–H and O–H groups in total. The van der Waals surface area contributed by atoms with E-state index in [1.165, 1.54) is 57.8 Å². The van der Waals surface area contributed by atoms with E-state index in [1.54, 1.807) is 0 Å². The van der Waals surface area contributed by atoms with Crippen LogP contribution in [0.2, 0.25) is 0 Å². The Morgan fingerprint density at radius 2 is 1.13 bits per heavy atom. The highest BCUT2D eigenvalue weighted by Gasteiger charge is 2.28. The van der Waals surface area contributed by atoms with Crippen LogP contribution >= 0.6 is 7.82 Å². The van der Waals surface area contributed by atoms with Crippen molar-refractivity contribution in [3.05, 3.63) is 12.2 Å². The van der Waals surface area contributed by atoms with Gasteiger partial charge in [0, 0.05) is 12.8 Å². The van der Waals surface area contributed by atoms with Crippen LogP contribution in [0.1, 0.15) is 155 Å². The molecule has 0 heterocycles. The number of hydrogen-bond donors (Lipinski definition) is 4. The van der Waals surface area contributed by atoms with Gasteiger partial charge >= 0.3 is 19.8 Å². The number of nitrogens with one attached hydrogen (secondary N) is 1. The number of carbonyl (C=O) groups excluding carboxylic acids is 2. The third kappa shape index (κ3) is 29.6. The molecule has 3 unspecified atom stereocenters. The summed E-state index contributed by atoms with van der Waals surface area (Å²) < 4.78 is 26.6. The second-order valence-electron chi connectivity index (χ2n) is 12.1. The molecule has 0 aromatic rings. The Balaban J connectivity index is 4.02. The maximum atomic E-state index is 12.2. The number of ether oxygens (including phenoxy) is 1. The van der Waals surface area contributed by atoms with Crippen molar-refractivity contribution in [3.63, 3.8) is 0 Å². The quantitative estimate of drug-likeness (QED) is 0.0233. The van der Waals surface area contributed by atoms with Gasteiger partial charge in [-0.1, -0.05) is 116 Å². The lowest BCUT2D eigenvalue weighted by molar-refractivity contribution is -0.147. The molecule has 12 heteroatoms. The highest BCUT2D eigenvalue weighted by atomic mass is 31.2. The minimum Gasteiger partial charge on any atom is -0.480 e. The first-order valence-corrected chi connectivity index (χ1v) is 19.2. The molecule has 0 saturated carbocycles. The number of carbonyl (C=O) groups is 3. The predicted octanol–water partition coefficient (Wildman–Crippen LogP) is 7.77. The molecule has 46 heavy (non-hydrogen) atoms. The van der Waals surface area contributed by atoms with Gasteiger partial charge in [0.05, 0.1) is 13.2 Å². The van der Waals surface area contributed by atoms with E-state index < -0.39 is 57.6 Å². The van der Waals surface area contributed by atoms with Gasteiger partial charge in [-0.15, -0.1) is 0 Å². The van der Waals surface area contributed by atoms with E-state index in [9.17, 15) is 34.1 Å². The smallest absolute Gasteiger partial charge is 0.472 e. The number of phosphoric ester groups is 1. The van der Waals surface area contributed by atoms with Crippen LogP contribution in [0.15, 0.2) is 12.2 Å². The number of esters is 1. The molecule has 11 nitrogen and oxygen atoms in total. The molecule has 3 atom stereocenters. The van der Waals surface area contributed by atoms with Crippen LogP contribution in [0.3, 0.4) is 0 Å². The van der Waals surface area contributed by atoms with Crippen LogP contribution in [0, 0.1) is 0 Å². The zero-order valence-electron chi connectivity index (χ0n) is 28.6. The average Bonchev–Trinajstić information content (AvgIpc) is 3.02. The number of amides is 1. The molecule has 0 aliphatic carbocycles. The SMILES string of the molecule is CCCCCCC/C=C\CCCCCCCC(=O)NC(COP(=O)(O)OCC(O)COC(=O)CCCCCCCCCC)C(=O)O. The van der Waals surface area contributed by atoms with Crippen LogP contribution < -0.4 is 5.32 Å². The number of phosphoric acid groups is 1. The highest BCUT2D eigenvalue weighted by Crippen LogP contribution is 2.43. The summed E-state index contributed by atoms with van der Waals surface area (Å²) >= 11 is 0. The molecule has 0 aliphatic rings. The Hall–Kier alpha value is -1.78. The van der Waals surface area contributed by atoms with Gasteiger partial charge < -0.3 is 25.2 Å². The minimum atomic E-state index is -4.74. The third-order valence-corrected chi connectivity index (χ3v) is 8.51. The standard InChI is InChI=1S/C34H64NO10P/c1-3-5-7-9-11-13-14-15-16-17-18-19-21-23-25-32(37)35-31(34(39)40)29-45-46(41,42)44-28-30(36)27-43-33(38)26-24-22-20-12-10-8-6-4-2/h14-15,30-31,36H,3-13,16-29H2,1-2H3,(H,35,37)(H,39,40)(H,41,42)/b15-14-. The van der Waals surface area contributed by atoms with Crippen LogP contribution in [-0.2, 0) is 32.7 Å². The maximum Gasteiger partial charge on any atom is 0.472 e. The molecule has 0 bridgehead atoms. The molecular weight excluding hydrogens is 613 g/mol. The summed E-state index contributed by atoms with van der Waals surface area (Å²) in [6, 6.07) is -1.54. The summed E-state index contributed by atoms with van der Waals surface area (Å²) in [6.07, 6.45) is 25.5. The average molecular weight is 678 g/mol. The largest absolute Gasteiger partial charge is 0.480 e. The summed E-state index contributed by atoms with van der Waals surface area (Å²) in [4.78, 5) is 45.5. The lowest BCUT2D eigenvalue weighted by Crippen LogP contribution is -2.43. The molecule has 0 spiro atoms. The van der Waals surface area contributed by atoms with Crippen molar-refractivity contribution in [2.45, 2.75) is 167 Å². The van der Waals surface area contributed by atoms with Crippen LogP contribution in [0.25, 0.3) is 0 Å². The summed E-state index contributed by atoms with van der Waals surface area (Å²) in [6.45, 7) is 2.50. The van der Waals surface area contributed by atoms with Gasteiger partial charge in [-0.25, -0.2) is 9.36 Å². The van der Waals surface area contributed by atoms with Crippen LogP contribution in [0.5, 0.6) is 0 Å². The van der Waals surface area contributed by atoms with Crippen LogP contribution in [-0.4, -0.2) is 64.9 Å². The Kier molecular flexibility index (Phi) is 29.4. The second-order valence-corrected chi connectivity index (χ2v) is 13.5. The van der Waals surface area contributed by atoms with E-state index >= 15 is 0 Å². The Morgan fingerprint density at radius 1 is 0.674 bits per heavy atom. The normalized spacial score (nSPS) is 14.2. The minimum absolute atomic E-state index is 0.138. The van der Waals surface area contributed by atoms with Crippen molar-refractivity contribution in [2.75, 3.05) is 19.8 Å². The molecule has 0 rings (SSSR count). The van der Waals surface area contributed by atoms with Crippen molar-refractivity contribution >= 4 is 25.7 Å². The number of rotatable bonds is 33. The lowest BCUT2D eigenvalue weighted by atomic mass is 10.1. The number of aliphatic hydroxyl groups is 1. The lowest BCUT2D eigenvalue weighted by Gasteiger charge is -2.18. The van der Waals surface area contributed by atoms with E-state index in [2.05, 4.69) is 31.3 Å². The van der Waals surface area contributed by atoms with Crippen molar-refractivity contribution in [2.24, 2.45) is 0 Å². The maximum absolute atomic E-state index is 12.2. The number of unbranched alkanes of at least 4 members (excludes halogenated alkanes) is 17. The summed E-state index contributed by atoms with van der Waals surface area (Å²) in [5.41, 5.74) is 0. The fraction of sp³-hybridized carbons (Fsp3) is 0.853. The topological polar surface area (TPSA) is 169 Å². The van der Waals surface area contributed by atoms with Gasteiger partial charge in [0.15, 0.2) is 6.04 Å². The Bertz CT molecular complexity index is 854. The molecule has 0 aromatic carbocycles. The van der Waals surface area contributed by atoms with E-state index in [0.717, 1.165) is 57.8 Å². The molecule has 270 valence electrons. The molecule has 1 amide bonds. The fourth-order valence-corrected chi connectivity index (χ4v) is 5.49. The van der Waals surface area contributed by atoms with Crippen molar-refractivity contribution in [1.82, 2.24) is 5.32 Å². The summed E-state index contributed by atoms with van der Waals surface area (Å²) in [7, 11) is -4.74. The zero-order valence-corrected chi connectivity index (χ0v) is 29.5. The third-order valence-electron chi connectivity index (χ3n) is 7.55. The second kappa shape index (κ2) is 30.5.